The van der Waals surface area contributed by atoms with Crippen LogP contribution in [0.15, 0.2) is 30.5 Å². The van der Waals surface area contributed by atoms with Crippen molar-refractivity contribution >= 4 is 22.7 Å². The fraction of sp³-hybridized carbons (Fsp3) is 0.560. The average molecular weight is 454 g/mol. The van der Waals surface area contributed by atoms with Crippen molar-refractivity contribution in [1.82, 2.24) is 15.6 Å². The van der Waals surface area contributed by atoms with Gasteiger partial charge in [-0.05, 0) is 74.1 Å². The van der Waals surface area contributed by atoms with Crippen LogP contribution in [0, 0.1) is 29.5 Å². The van der Waals surface area contributed by atoms with Gasteiger partial charge in [0.1, 0.15) is 18.2 Å². The number of nitrogens with one attached hydrogen (secondary N) is 2. The first kappa shape index (κ1) is 20.8. The summed E-state index contributed by atoms with van der Waals surface area (Å²) in [6, 6.07) is 6.32. The topological polar surface area (TPSA) is 101 Å². The Bertz CT molecular complexity index is 1120. The average Bonchev–Trinajstić information content (AvgIpc) is 3.25. The van der Waals surface area contributed by atoms with Crippen LogP contribution in [0.5, 0.6) is 5.75 Å². The highest BCUT2D eigenvalue weighted by atomic mass is 19.1. The number of pyridine rings is 1. The van der Waals surface area contributed by atoms with Crippen molar-refractivity contribution in [2.45, 2.75) is 56.2 Å². The van der Waals surface area contributed by atoms with Crippen LogP contribution in [0.2, 0.25) is 0 Å². The van der Waals surface area contributed by atoms with E-state index in [1.165, 1.54) is 12.1 Å². The quantitative estimate of drug-likeness (QED) is 0.597. The monoisotopic (exact) mass is 453 g/mol. The van der Waals surface area contributed by atoms with Gasteiger partial charge in [0, 0.05) is 28.6 Å². The molecule has 174 valence electrons. The Morgan fingerprint density at radius 2 is 1.88 bits per heavy atom. The number of aromatic nitrogens is 1. The van der Waals surface area contributed by atoms with Gasteiger partial charge in [0.25, 0.3) is 0 Å². The Labute approximate surface area is 191 Å². The summed E-state index contributed by atoms with van der Waals surface area (Å²) in [4.78, 5) is 28.6. The number of aliphatic hydroxyl groups excluding tert-OH is 1. The Kier molecular flexibility index (Phi) is 4.50. The first-order valence-electron chi connectivity index (χ1n) is 11.8. The fourth-order valence-corrected chi connectivity index (χ4v) is 6.99. The number of ether oxygens (including phenoxy) is 1. The molecule has 0 spiro atoms. The standard InChI is InChI=1S/C25H28FN3O4/c1-13(23(32)29-25-10-24(11-25,12-25)28-21(31)9-30)22-16-7-15(8-17(16)22)33-20-4-5-27-19-3-2-14(26)6-18(19)20/h2-6,13,15-17,22,30H,7-12H2,1H3,(H,28,31)(H,29,32)/t13?,15-,16+,17-,22-,24?,25?. The molecule has 5 fully saturated rings. The molecule has 5 atom stereocenters. The Morgan fingerprint density at radius 1 is 1.18 bits per heavy atom. The molecule has 1 heterocycles. The molecule has 0 radical (unpaired) electrons. The van der Waals surface area contributed by atoms with Crippen molar-refractivity contribution in [3.63, 3.8) is 0 Å². The van der Waals surface area contributed by atoms with E-state index in [-0.39, 0.29) is 40.7 Å². The zero-order valence-corrected chi connectivity index (χ0v) is 18.5. The molecule has 5 saturated carbocycles. The second kappa shape index (κ2) is 7.13. The third-order valence-corrected chi connectivity index (χ3v) is 8.38. The molecule has 2 bridgehead atoms. The number of hydrogen-bond donors (Lipinski definition) is 3. The zero-order chi connectivity index (χ0) is 23.0. The minimum atomic E-state index is -0.498. The second-order valence-corrected chi connectivity index (χ2v) is 10.7. The number of carbonyl (C=O) groups excluding carboxylic acids is 2. The maximum atomic E-state index is 13.7. The first-order valence-corrected chi connectivity index (χ1v) is 11.8. The molecule has 7 nitrogen and oxygen atoms in total. The van der Waals surface area contributed by atoms with Gasteiger partial charge in [-0.3, -0.25) is 14.6 Å². The van der Waals surface area contributed by atoms with Gasteiger partial charge in [0.15, 0.2) is 0 Å². The molecular formula is C25H28FN3O4. The van der Waals surface area contributed by atoms with E-state index >= 15 is 0 Å². The summed E-state index contributed by atoms with van der Waals surface area (Å²) in [6.45, 7) is 1.52. The normalized spacial score (nSPS) is 36.2. The summed E-state index contributed by atoms with van der Waals surface area (Å²) in [5.74, 6) is 1.42. The molecule has 5 aliphatic rings. The van der Waals surface area contributed by atoms with Gasteiger partial charge in [-0.15, -0.1) is 0 Å². The molecule has 33 heavy (non-hydrogen) atoms. The van der Waals surface area contributed by atoms with E-state index < -0.39 is 6.61 Å². The minimum Gasteiger partial charge on any atom is -0.490 e. The third kappa shape index (κ3) is 3.38. The summed E-state index contributed by atoms with van der Waals surface area (Å²) >= 11 is 0. The lowest BCUT2D eigenvalue weighted by molar-refractivity contribution is -0.153. The molecule has 5 aliphatic carbocycles. The maximum Gasteiger partial charge on any atom is 0.246 e. The van der Waals surface area contributed by atoms with Gasteiger partial charge in [0.05, 0.1) is 11.6 Å². The summed E-state index contributed by atoms with van der Waals surface area (Å²) in [6.07, 6.45) is 5.83. The lowest BCUT2D eigenvalue weighted by Crippen LogP contribution is -2.84. The number of benzene rings is 1. The van der Waals surface area contributed by atoms with E-state index in [1.54, 1.807) is 18.3 Å². The smallest absolute Gasteiger partial charge is 0.246 e. The van der Waals surface area contributed by atoms with Crippen LogP contribution >= 0.6 is 0 Å². The number of nitrogens with zero attached hydrogens (tertiary/aromatic N) is 1. The lowest BCUT2D eigenvalue weighted by Gasteiger charge is -2.70. The summed E-state index contributed by atoms with van der Waals surface area (Å²) in [7, 11) is 0. The molecule has 2 aromatic rings. The minimum absolute atomic E-state index is 0.0474. The van der Waals surface area contributed by atoms with Gasteiger partial charge >= 0.3 is 0 Å². The van der Waals surface area contributed by atoms with Crippen molar-refractivity contribution in [2.24, 2.45) is 23.7 Å². The highest BCUT2D eigenvalue weighted by Crippen LogP contribution is 2.63. The summed E-state index contributed by atoms with van der Waals surface area (Å²) in [5, 5.41) is 15.7. The molecule has 0 aliphatic heterocycles. The molecule has 1 aromatic heterocycles. The number of amides is 2. The van der Waals surface area contributed by atoms with Crippen LogP contribution in [0.1, 0.15) is 39.0 Å². The number of aliphatic hydroxyl groups is 1. The molecule has 3 N–H and O–H groups in total. The van der Waals surface area contributed by atoms with Crippen molar-refractivity contribution in [1.29, 1.82) is 0 Å². The van der Waals surface area contributed by atoms with Crippen molar-refractivity contribution in [3.8, 4) is 5.75 Å². The van der Waals surface area contributed by atoms with Crippen LogP contribution in [-0.4, -0.2) is 45.7 Å². The molecule has 8 heteroatoms. The van der Waals surface area contributed by atoms with Gasteiger partial charge < -0.3 is 20.5 Å². The Hall–Kier alpha value is -2.74. The van der Waals surface area contributed by atoms with Crippen LogP contribution < -0.4 is 15.4 Å². The second-order valence-electron chi connectivity index (χ2n) is 10.7. The molecule has 1 aromatic carbocycles. The molecule has 0 saturated heterocycles. The van der Waals surface area contributed by atoms with Crippen LogP contribution in [-0.2, 0) is 9.59 Å². The third-order valence-electron chi connectivity index (χ3n) is 8.38. The van der Waals surface area contributed by atoms with E-state index in [9.17, 15) is 14.0 Å². The van der Waals surface area contributed by atoms with Crippen LogP contribution in [0.3, 0.4) is 0 Å². The molecule has 7 rings (SSSR count). The highest BCUT2D eigenvalue weighted by molar-refractivity contribution is 5.85. The molecule has 2 amide bonds. The van der Waals surface area contributed by atoms with Gasteiger partial charge in [-0.2, -0.15) is 0 Å². The number of hydrogen-bond acceptors (Lipinski definition) is 5. The zero-order valence-electron chi connectivity index (χ0n) is 18.5. The van der Waals surface area contributed by atoms with Crippen LogP contribution in [0.4, 0.5) is 4.39 Å². The number of rotatable bonds is 7. The largest absolute Gasteiger partial charge is 0.490 e. The first-order chi connectivity index (χ1) is 15.8. The van der Waals surface area contributed by atoms with Gasteiger partial charge in [-0.25, -0.2) is 4.39 Å². The number of carbonyl (C=O) groups is 2. The van der Waals surface area contributed by atoms with Gasteiger partial charge in [0.2, 0.25) is 11.8 Å². The van der Waals surface area contributed by atoms with E-state index in [0.717, 1.165) is 32.1 Å². The fourth-order valence-electron chi connectivity index (χ4n) is 6.99. The lowest BCUT2D eigenvalue weighted by atomic mass is 9.44. The number of halogens is 1. The Morgan fingerprint density at radius 3 is 2.58 bits per heavy atom. The van der Waals surface area contributed by atoms with Gasteiger partial charge in [-0.1, -0.05) is 6.92 Å². The van der Waals surface area contributed by atoms with Crippen molar-refractivity contribution in [2.75, 3.05) is 6.61 Å². The number of fused-ring (bicyclic) bond motifs is 2. The van der Waals surface area contributed by atoms with E-state index in [4.69, 9.17) is 9.84 Å². The molecule has 1 unspecified atom stereocenters. The summed E-state index contributed by atoms with van der Waals surface area (Å²) in [5.41, 5.74) is 0.310. The highest BCUT2D eigenvalue weighted by Gasteiger charge is 2.70. The summed E-state index contributed by atoms with van der Waals surface area (Å²) < 4.78 is 19.9. The Balaban J connectivity index is 1.01. The predicted molar refractivity (Wildman–Crippen MR) is 118 cm³/mol. The van der Waals surface area contributed by atoms with E-state index in [1.807, 2.05) is 6.92 Å². The molecular weight excluding hydrogens is 425 g/mol. The van der Waals surface area contributed by atoms with E-state index in [0.29, 0.717) is 34.4 Å². The van der Waals surface area contributed by atoms with Crippen molar-refractivity contribution in [3.05, 3.63) is 36.3 Å². The van der Waals surface area contributed by atoms with E-state index in [2.05, 4.69) is 15.6 Å². The van der Waals surface area contributed by atoms with Crippen molar-refractivity contribution < 1.29 is 23.8 Å². The predicted octanol–water partition coefficient (Wildman–Crippen LogP) is 2.31. The van der Waals surface area contributed by atoms with Crippen LogP contribution in [0.25, 0.3) is 10.9 Å². The SMILES string of the molecule is CC(C(=O)NC12CC(NC(=O)CO)(C1)C2)[C@H]1[C@@H]2C[C@H](Oc3ccnc4ccc(F)cc34)C[C@@H]21. The maximum absolute atomic E-state index is 13.7.